The Labute approximate surface area is 113 Å². The average Bonchev–Trinajstić information content (AvgIpc) is 2.89. The molecule has 0 radical (unpaired) electrons. The molecule has 0 saturated carbocycles. The highest BCUT2D eigenvalue weighted by atomic mass is 16.1. The molecule has 1 aromatic heterocycles. The van der Waals surface area contributed by atoms with Crippen LogP contribution in [-0.2, 0) is 0 Å². The van der Waals surface area contributed by atoms with Crippen molar-refractivity contribution >= 4 is 11.4 Å². The highest BCUT2D eigenvalue weighted by Gasteiger charge is 2.13. The van der Waals surface area contributed by atoms with Crippen molar-refractivity contribution in [3.8, 4) is 0 Å². The molecule has 0 amide bonds. The molecule has 0 atom stereocenters. The van der Waals surface area contributed by atoms with Gasteiger partial charge in [0.1, 0.15) is 11.5 Å². The van der Waals surface area contributed by atoms with Crippen molar-refractivity contribution < 1.29 is 4.79 Å². The van der Waals surface area contributed by atoms with Crippen molar-refractivity contribution in [2.75, 3.05) is 0 Å². The van der Waals surface area contributed by atoms with Gasteiger partial charge in [0.05, 0.1) is 0 Å². The van der Waals surface area contributed by atoms with Crippen LogP contribution in [0, 0.1) is 0 Å². The second-order valence-corrected chi connectivity index (χ2v) is 3.77. The molecule has 98 valence electrons. The summed E-state index contributed by atoms with van der Waals surface area (Å²) in [5.74, 6) is 0.499. The first kappa shape index (κ1) is 14.6. The minimum Gasteiger partial charge on any atom is -0.344 e. The lowest BCUT2D eigenvalue weighted by molar-refractivity contribution is 0.103. The summed E-state index contributed by atoms with van der Waals surface area (Å²) in [6, 6.07) is 0. The summed E-state index contributed by atoms with van der Waals surface area (Å²) in [4.78, 5) is 19.4. The van der Waals surface area contributed by atoms with E-state index in [0.29, 0.717) is 17.1 Å². The number of nitrogens with zero attached hydrogens (tertiary/aromatic N) is 1. The number of hydrogen-bond acceptors (Lipinski definition) is 2. The second-order valence-electron chi connectivity index (χ2n) is 3.77. The van der Waals surface area contributed by atoms with Crippen LogP contribution < -0.4 is 0 Å². The van der Waals surface area contributed by atoms with Gasteiger partial charge in [0.15, 0.2) is 0 Å². The predicted octanol–water partition coefficient (Wildman–Crippen LogP) is 3.87. The van der Waals surface area contributed by atoms with Crippen molar-refractivity contribution in [3.05, 3.63) is 72.9 Å². The SMILES string of the molecule is C=C/C=C(\C=C/C)c1nc(C(=O)/C(C=C)=C/C)c[nH]1. The zero-order valence-corrected chi connectivity index (χ0v) is 11.3. The Morgan fingerprint density at radius 3 is 2.63 bits per heavy atom. The smallest absolute Gasteiger partial charge is 0.212 e. The third-order valence-corrected chi connectivity index (χ3v) is 2.52. The Balaban J connectivity index is 3.12. The van der Waals surface area contributed by atoms with E-state index in [1.54, 1.807) is 25.3 Å². The molecule has 0 aliphatic rings. The molecule has 1 rings (SSSR count). The average molecular weight is 254 g/mol. The van der Waals surface area contributed by atoms with Crippen molar-refractivity contribution in [2.24, 2.45) is 0 Å². The molecule has 3 nitrogen and oxygen atoms in total. The molecule has 0 fully saturated rings. The maximum absolute atomic E-state index is 12.1. The third-order valence-electron chi connectivity index (χ3n) is 2.52. The molecule has 1 aromatic rings. The first-order valence-electron chi connectivity index (χ1n) is 6.02. The zero-order chi connectivity index (χ0) is 14.3. The van der Waals surface area contributed by atoms with Crippen LogP contribution in [0.1, 0.15) is 30.2 Å². The molecule has 0 bridgehead atoms. The molecule has 1 N–H and O–H groups in total. The van der Waals surface area contributed by atoms with Gasteiger partial charge in [-0.2, -0.15) is 0 Å². The molecule has 19 heavy (non-hydrogen) atoms. The largest absolute Gasteiger partial charge is 0.344 e. The number of nitrogens with one attached hydrogen (secondary N) is 1. The zero-order valence-electron chi connectivity index (χ0n) is 11.3. The normalized spacial score (nSPS) is 12.7. The Hall–Kier alpha value is -2.42. The van der Waals surface area contributed by atoms with Crippen LogP contribution in [0.3, 0.4) is 0 Å². The van der Waals surface area contributed by atoms with Gasteiger partial charge in [-0.1, -0.05) is 49.6 Å². The summed E-state index contributed by atoms with van der Waals surface area (Å²) in [5.41, 5.74) is 1.79. The first-order chi connectivity index (χ1) is 9.17. The van der Waals surface area contributed by atoms with Gasteiger partial charge in [0, 0.05) is 17.3 Å². The summed E-state index contributed by atoms with van der Waals surface area (Å²) in [6.45, 7) is 11.0. The molecule has 0 saturated heterocycles. The summed E-state index contributed by atoms with van der Waals surface area (Å²) in [5, 5.41) is 0. The predicted molar refractivity (Wildman–Crippen MR) is 79.9 cm³/mol. The molecule has 0 aliphatic heterocycles. The van der Waals surface area contributed by atoms with Crippen molar-refractivity contribution in [1.82, 2.24) is 9.97 Å². The highest BCUT2D eigenvalue weighted by molar-refractivity contribution is 6.09. The van der Waals surface area contributed by atoms with Crippen LogP contribution in [0.15, 0.2) is 61.4 Å². The molecule has 3 heteroatoms. The summed E-state index contributed by atoms with van der Waals surface area (Å²) < 4.78 is 0. The van der Waals surface area contributed by atoms with Gasteiger partial charge in [-0.3, -0.25) is 4.79 Å². The number of H-pyrrole nitrogens is 1. The van der Waals surface area contributed by atoms with Gasteiger partial charge in [0.2, 0.25) is 5.78 Å². The monoisotopic (exact) mass is 254 g/mol. The number of carbonyl (C=O) groups excluding carboxylic acids is 1. The maximum atomic E-state index is 12.1. The summed E-state index contributed by atoms with van der Waals surface area (Å²) in [7, 11) is 0. The minimum absolute atomic E-state index is 0.140. The number of allylic oxidation sites excluding steroid dienone is 8. The molecule has 1 heterocycles. The molecule has 0 spiro atoms. The fourth-order valence-electron chi connectivity index (χ4n) is 1.60. The number of aromatic amines is 1. The number of aromatic nitrogens is 2. The van der Waals surface area contributed by atoms with Crippen molar-refractivity contribution in [2.45, 2.75) is 13.8 Å². The number of ketones is 1. The van der Waals surface area contributed by atoms with E-state index in [9.17, 15) is 4.79 Å². The number of Topliss-reactive ketones (excluding diaryl/α,β-unsaturated/α-hetero) is 1. The van der Waals surface area contributed by atoms with Gasteiger partial charge in [-0.25, -0.2) is 4.98 Å². The fraction of sp³-hybridized carbons (Fsp3) is 0.125. The van der Waals surface area contributed by atoms with E-state index in [2.05, 4.69) is 23.1 Å². The van der Waals surface area contributed by atoms with Crippen LogP contribution >= 0.6 is 0 Å². The molecular formula is C16H18N2O. The molecule has 0 unspecified atom stereocenters. The van der Waals surface area contributed by atoms with Crippen LogP contribution in [0.2, 0.25) is 0 Å². The van der Waals surface area contributed by atoms with E-state index >= 15 is 0 Å². The standard InChI is InChI=1S/C16H18N2O/c1-5-9-13(10-6-2)16-17-11-14(18-16)15(19)12(7-3)8-4/h5-11H,1,3H2,2,4H3,(H,17,18)/b10-6-,12-8+,13-9+. The Morgan fingerprint density at radius 2 is 2.11 bits per heavy atom. The topological polar surface area (TPSA) is 45.8 Å². The van der Waals surface area contributed by atoms with Gasteiger partial charge < -0.3 is 4.98 Å². The minimum atomic E-state index is -0.140. The first-order valence-corrected chi connectivity index (χ1v) is 6.02. The van der Waals surface area contributed by atoms with E-state index in [1.807, 2.05) is 25.2 Å². The molecule has 0 aliphatic carbocycles. The fourth-order valence-corrected chi connectivity index (χ4v) is 1.60. The van der Waals surface area contributed by atoms with Crippen LogP contribution in [-0.4, -0.2) is 15.8 Å². The Bertz CT molecular complexity index is 571. The van der Waals surface area contributed by atoms with Crippen LogP contribution in [0.5, 0.6) is 0 Å². The number of carbonyl (C=O) groups is 1. The quantitative estimate of drug-likeness (QED) is 0.476. The van der Waals surface area contributed by atoms with E-state index in [-0.39, 0.29) is 5.78 Å². The van der Waals surface area contributed by atoms with Gasteiger partial charge in [-0.05, 0) is 13.8 Å². The van der Waals surface area contributed by atoms with E-state index in [1.165, 1.54) is 6.08 Å². The van der Waals surface area contributed by atoms with Gasteiger partial charge in [0.25, 0.3) is 0 Å². The lowest BCUT2D eigenvalue weighted by Crippen LogP contribution is -2.01. The Kier molecular flexibility index (Phi) is 5.48. The maximum Gasteiger partial charge on any atom is 0.212 e. The third kappa shape index (κ3) is 3.52. The molecule has 0 aromatic carbocycles. The van der Waals surface area contributed by atoms with Crippen molar-refractivity contribution in [1.29, 1.82) is 0 Å². The van der Waals surface area contributed by atoms with Crippen LogP contribution in [0.25, 0.3) is 5.57 Å². The highest BCUT2D eigenvalue weighted by Crippen LogP contribution is 2.15. The number of rotatable bonds is 6. The number of hydrogen-bond donors (Lipinski definition) is 1. The van der Waals surface area contributed by atoms with E-state index < -0.39 is 0 Å². The van der Waals surface area contributed by atoms with Crippen LogP contribution in [0.4, 0.5) is 0 Å². The summed E-state index contributed by atoms with van der Waals surface area (Å²) in [6.07, 6.45) is 12.2. The Morgan fingerprint density at radius 1 is 1.37 bits per heavy atom. The summed E-state index contributed by atoms with van der Waals surface area (Å²) >= 11 is 0. The van der Waals surface area contributed by atoms with E-state index in [0.717, 1.165) is 5.57 Å². The van der Waals surface area contributed by atoms with Crippen molar-refractivity contribution in [3.63, 3.8) is 0 Å². The second kappa shape index (κ2) is 7.11. The van der Waals surface area contributed by atoms with E-state index in [4.69, 9.17) is 0 Å². The number of imidazole rings is 1. The molecular weight excluding hydrogens is 236 g/mol. The lowest BCUT2D eigenvalue weighted by Gasteiger charge is -1.97. The lowest BCUT2D eigenvalue weighted by atomic mass is 10.1. The van der Waals surface area contributed by atoms with Gasteiger partial charge >= 0.3 is 0 Å². The van der Waals surface area contributed by atoms with Gasteiger partial charge in [-0.15, -0.1) is 0 Å².